The number of carbonyl (C=O) groups excluding carboxylic acids is 1. The highest BCUT2D eigenvalue weighted by molar-refractivity contribution is 7.99. The van der Waals surface area contributed by atoms with Gasteiger partial charge in [0.1, 0.15) is 11.1 Å². The third-order valence-electron chi connectivity index (χ3n) is 2.01. The number of ether oxygens (including phenoxy) is 2. The zero-order valence-electron chi connectivity index (χ0n) is 8.26. The van der Waals surface area contributed by atoms with Gasteiger partial charge in [-0.3, -0.25) is 0 Å². The highest BCUT2D eigenvalue weighted by Gasteiger charge is 2.21. The number of nitrogens with zero attached hydrogens (tertiary/aromatic N) is 1. The zero-order valence-corrected chi connectivity index (χ0v) is 9.90. The molecule has 0 bridgehead atoms. The quantitative estimate of drug-likeness (QED) is 0.743. The summed E-state index contributed by atoms with van der Waals surface area (Å²) in [6.45, 7) is 0.752. The Morgan fingerprint density at radius 3 is 3.27 bits per heavy atom. The van der Waals surface area contributed by atoms with E-state index in [9.17, 15) is 4.79 Å². The minimum atomic E-state index is -0.388. The summed E-state index contributed by atoms with van der Waals surface area (Å²) in [6.07, 6.45) is 0.0344. The number of esters is 1. The van der Waals surface area contributed by atoms with Gasteiger partial charge in [0.05, 0.1) is 13.7 Å². The molecule has 1 fully saturated rings. The van der Waals surface area contributed by atoms with E-state index < -0.39 is 0 Å². The van der Waals surface area contributed by atoms with Crippen molar-refractivity contribution in [3.05, 3.63) is 16.1 Å². The van der Waals surface area contributed by atoms with Crippen molar-refractivity contribution in [2.24, 2.45) is 0 Å². The van der Waals surface area contributed by atoms with Crippen molar-refractivity contribution < 1.29 is 14.3 Å². The van der Waals surface area contributed by atoms with Gasteiger partial charge in [0.25, 0.3) is 0 Å². The van der Waals surface area contributed by atoms with Crippen molar-refractivity contribution in [1.82, 2.24) is 4.98 Å². The van der Waals surface area contributed by atoms with E-state index in [-0.39, 0.29) is 12.1 Å². The van der Waals surface area contributed by atoms with Crippen LogP contribution in [0.1, 0.15) is 21.6 Å². The Labute approximate surface area is 96.0 Å². The minimum absolute atomic E-state index is 0.0344. The number of aromatic nitrogens is 1. The Balaban J connectivity index is 2.08. The van der Waals surface area contributed by atoms with Crippen LogP contribution < -0.4 is 0 Å². The van der Waals surface area contributed by atoms with Gasteiger partial charge in [0.15, 0.2) is 5.69 Å². The van der Waals surface area contributed by atoms with Gasteiger partial charge >= 0.3 is 5.97 Å². The van der Waals surface area contributed by atoms with Gasteiger partial charge in [0, 0.05) is 16.9 Å². The van der Waals surface area contributed by atoms with Crippen LogP contribution >= 0.6 is 23.1 Å². The fraction of sp³-hybridized carbons (Fsp3) is 0.556. The van der Waals surface area contributed by atoms with Gasteiger partial charge in [-0.05, 0) is 0 Å². The molecule has 1 aliphatic heterocycles. The average molecular weight is 245 g/mol. The minimum Gasteiger partial charge on any atom is -0.464 e. The maximum Gasteiger partial charge on any atom is 0.357 e. The predicted octanol–water partition coefficient (Wildman–Crippen LogP) is 1.73. The number of hydrogen-bond donors (Lipinski definition) is 0. The standard InChI is InChI=1S/C9H11NO3S2/c1-12-9(11)6-4-15-8(10-6)7-5-14-3-2-13-7/h4,7H,2-3,5H2,1H3. The summed E-state index contributed by atoms with van der Waals surface area (Å²) in [5.74, 6) is 1.56. The molecule has 82 valence electrons. The second-order valence-corrected chi connectivity index (χ2v) is 5.04. The van der Waals surface area contributed by atoms with Crippen LogP contribution in [0.4, 0.5) is 0 Å². The molecule has 0 saturated carbocycles. The lowest BCUT2D eigenvalue weighted by atomic mass is 10.4. The highest BCUT2D eigenvalue weighted by atomic mass is 32.2. The SMILES string of the molecule is COC(=O)c1csc(C2CSCCO2)n1. The Bertz CT molecular complexity index is 347. The number of methoxy groups -OCH3 is 1. The number of rotatable bonds is 2. The van der Waals surface area contributed by atoms with Crippen LogP contribution in [0.2, 0.25) is 0 Å². The number of hydrogen-bond acceptors (Lipinski definition) is 6. The van der Waals surface area contributed by atoms with E-state index in [2.05, 4.69) is 9.72 Å². The second-order valence-electron chi connectivity index (χ2n) is 3.00. The van der Waals surface area contributed by atoms with E-state index in [1.165, 1.54) is 18.4 Å². The highest BCUT2D eigenvalue weighted by Crippen LogP contribution is 2.28. The van der Waals surface area contributed by atoms with Crippen molar-refractivity contribution in [1.29, 1.82) is 0 Å². The van der Waals surface area contributed by atoms with Crippen LogP contribution in [0.5, 0.6) is 0 Å². The summed E-state index contributed by atoms with van der Waals surface area (Å²) in [6, 6.07) is 0. The van der Waals surface area contributed by atoms with E-state index in [0.29, 0.717) is 5.69 Å². The molecule has 1 atom stereocenters. The first-order valence-corrected chi connectivity index (χ1v) is 6.58. The van der Waals surface area contributed by atoms with E-state index in [1.54, 1.807) is 5.38 Å². The number of carbonyl (C=O) groups is 1. The van der Waals surface area contributed by atoms with Crippen LogP contribution in [0, 0.1) is 0 Å². The Morgan fingerprint density at radius 2 is 2.60 bits per heavy atom. The average Bonchev–Trinajstić information content (AvgIpc) is 2.78. The lowest BCUT2D eigenvalue weighted by molar-refractivity contribution is 0.0590. The Kier molecular flexibility index (Phi) is 3.61. The second kappa shape index (κ2) is 4.96. The van der Waals surface area contributed by atoms with Crippen LogP contribution in [0.3, 0.4) is 0 Å². The zero-order chi connectivity index (χ0) is 10.7. The molecule has 0 aromatic carbocycles. The molecule has 2 heterocycles. The molecule has 0 aliphatic carbocycles. The van der Waals surface area contributed by atoms with Gasteiger partial charge in [-0.2, -0.15) is 11.8 Å². The molecule has 2 rings (SSSR count). The van der Waals surface area contributed by atoms with Crippen LogP contribution in [-0.4, -0.2) is 36.2 Å². The van der Waals surface area contributed by atoms with E-state index >= 15 is 0 Å². The van der Waals surface area contributed by atoms with E-state index in [0.717, 1.165) is 23.1 Å². The van der Waals surface area contributed by atoms with Crippen LogP contribution in [0.25, 0.3) is 0 Å². The first kappa shape index (κ1) is 10.9. The smallest absolute Gasteiger partial charge is 0.357 e. The van der Waals surface area contributed by atoms with Crippen molar-refractivity contribution >= 4 is 29.1 Å². The summed E-state index contributed by atoms with van der Waals surface area (Å²) in [7, 11) is 1.36. The third-order valence-corrected chi connectivity index (χ3v) is 3.94. The fourth-order valence-electron chi connectivity index (χ4n) is 1.26. The van der Waals surface area contributed by atoms with Crippen LogP contribution in [-0.2, 0) is 9.47 Å². The van der Waals surface area contributed by atoms with Crippen molar-refractivity contribution in [3.63, 3.8) is 0 Å². The van der Waals surface area contributed by atoms with Crippen molar-refractivity contribution in [2.75, 3.05) is 25.2 Å². The summed E-state index contributed by atoms with van der Waals surface area (Å²) >= 11 is 3.30. The van der Waals surface area contributed by atoms with Crippen LogP contribution in [0.15, 0.2) is 5.38 Å². The molecule has 4 nitrogen and oxygen atoms in total. The molecule has 1 saturated heterocycles. The Hall–Kier alpha value is -0.590. The molecule has 6 heteroatoms. The van der Waals surface area contributed by atoms with Gasteiger partial charge in [0.2, 0.25) is 0 Å². The third kappa shape index (κ3) is 2.50. The molecule has 0 amide bonds. The molecule has 1 aromatic rings. The van der Waals surface area contributed by atoms with Gasteiger partial charge in [-0.25, -0.2) is 9.78 Å². The van der Waals surface area contributed by atoms with Gasteiger partial charge in [-0.15, -0.1) is 11.3 Å². The number of thiazole rings is 1. The topological polar surface area (TPSA) is 48.4 Å². The molecule has 1 unspecified atom stereocenters. The van der Waals surface area contributed by atoms with Gasteiger partial charge in [-0.1, -0.05) is 0 Å². The first-order chi connectivity index (χ1) is 7.31. The van der Waals surface area contributed by atoms with Crippen molar-refractivity contribution in [2.45, 2.75) is 6.10 Å². The fourth-order valence-corrected chi connectivity index (χ4v) is 3.05. The van der Waals surface area contributed by atoms with Crippen molar-refractivity contribution in [3.8, 4) is 0 Å². The molecule has 15 heavy (non-hydrogen) atoms. The predicted molar refractivity (Wildman–Crippen MR) is 59.5 cm³/mol. The molecule has 0 spiro atoms. The molecule has 0 N–H and O–H groups in total. The van der Waals surface area contributed by atoms with Gasteiger partial charge < -0.3 is 9.47 Å². The van der Waals surface area contributed by atoms with E-state index in [1.807, 2.05) is 11.8 Å². The molecule has 1 aromatic heterocycles. The largest absolute Gasteiger partial charge is 0.464 e. The Morgan fingerprint density at radius 1 is 1.73 bits per heavy atom. The molecular formula is C9H11NO3S2. The maximum atomic E-state index is 11.2. The summed E-state index contributed by atoms with van der Waals surface area (Å²) < 4.78 is 10.2. The normalized spacial score (nSPS) is 21.3. The lowest BCUT2D eigenvalue weighted by Crippen LogP contribution is -2.15. The summed E-state index contributed by atoms with van der Waals surface area (Å²) in [5, 5.41) is 2.58. The lowest BCUT2D eigenvalue weighted by Gasteiger charge is -2.19. The molecule has 0 radical (unpaired) electrons. The number of thioether (sulfide) groups is 1. The molecule has 1 aliphatic rings. The summed E-state index contributed by atoms with van der Waals surface area (Å²) in [4.78, 5) is 15.4. The summed E-state index contributed by atoms with van der Waals surface area (Å²) in [5.41, 5.74) is 0.372. The monoisotopic (exact) mass is 245 g/mol. The molecular weight excluding hydrogens is 234 g/mol. The maximum absolute atomic E-state index is 11.2. The first-order valence-electron chi connectivity index (χ1n) is 4.54. The van der Waals surface area contributed by atoms with E-state index in [4.69, 9.17) is 4.74 Å².